The van der Waals surface area contributed by atoms with Crippen LogP contribution >= 0.6 is 11.3 Å². The van der Waals surface area contributed by atoms with Crippen molar-refractivity contribution in [3.63, 3.8) is 0 Å². The van der Waals surface area contributed by atoms with Crippen molar-refractivity contribution >= 4 is 33.2 Å². The van der Waals surface area contributed by atoms with Gasteiger partial charge < -0.3 is 9.94 Å². The lowest BCUT2D eigenvalue weighted by atomic mass is 10.3. The van der Waals surface area contributed by atoms with Crippen molar-refractivity contribution in [3.8, 4) is 0 Å². The van der Waals surface area contributed by atoms with E-state index in [1.165, 1.54) is 19.2 Å². The molecule has 17 heavy (non-hydrogen) atoms. The number of nitro groups is 1. The summed E-state index contributed by atoms with van der Waals surface area (Å²) in [6.45, 7) is 0. The molecular weight excluding hydrogens is 248 g/mol. The zero-order valence-corrected chi connectivity index (χ0v) is 9.39. The summed E-state index contributed by atoms with van der Waals surface area (Å²) >= 11 is 0.930. The zero-order valence-electron chi connectivity index (χ0n) is 8.58. The van der Waals surface area contributed by atoms with Gasteiger partial charge in [-0.1, -0.05) is 11.3 Å². The van der Waals surface area contributed by atoms with E-state index in [9.17, 15) is 20.1 Å². The Kier molecular flexibility index (Phi) is 2.64. The van der Waals surface area contributed by atoms with Crippen LogP contribution in [0.15, 0.2) is 18.3 Å². The van der Waals surface area contributed by atoms with Gasteiger partial charge in [0.05, 0.1) is 17.4 Å². The fraction of sp³-hybridized carbons (Fsp3) is 0.111. The molecule has 2 rings (SSSR count). The molecule has 0 saturated heterocycles. The van der Waals surface area contributed by atoms with Crippen molar-refractivity contribution in [2.45, 2.75) is 0 Å². The number of carbonyl (C=O) groups excluding carboxylic acids is 1. The molecule has 0 amide bonds. The van der Waals surface area contributed by atoms with Crippen LogP contribution in [0, 0.1) is 15.3 Å². The maximum atomic E-state index is 11.5. The molecule has 0 fully saturated rings. The Morgan fingerprint density at radius 1 is 1.53 bits per heavy atom. The Labute approximate surface area is 98.6 Å². The number of hydrogen-bond donors (Lipinski definition) is 0. The highest BCUT2D eigenvalue weighted by atomic mass is 32.1. The second kappa shape index (κ2) is 3.98. The number of pyridine rings is 1. The summed E-state index contributed by atoms with van der Waals surface area (Å²) in [7, 11) is 1.22. The van der Waals surface area contributed by atoms with Gasteiger partial charge in [-0.3, -0.25) is 10.1 Å². The number of carbonyl (C=O) groups is 1. The molecule has 0 bridgehead atoms. The first kappa shape index (κ1) is 11.3. The van der Waals surface area contributed by atoms with Crippen LogP contribution in [0.1, 0.15) is 9.67 Å². The first-order valence-corrected chi connectivity index (χ1v) is 5.24. The fourth-order valence-corrected chi connectivity index (χ4v) is 2.29. The summed E-state index contributed by atoms with van der Waals surface area (Å²) < 4.78 is 4.89. The van der Waals surface area contributed by atoms with Gasteiger partial charge in [0.25, 0.3) is 11.0 Å². The zero-order chi connectivity index (χ0) is 12.6. The maximum absolute atomic E-state index is 11.5. The molecule has 0 atom stereocenters. The number of fused-ring (bicyclic) bond motifs is 1. The second-order valence-corrected chi connectivity index (χ2v) is 4.17. The second-order valence-electron chi connectivity index (χ2n) is 3.14. The van der Waals surface area contributed by atoms with E-state index < -0.39 is 10.9 Å². The maximum Gasteiger partial charge on any atom is 0.348 e. The molecule has 0 aliphatic rings. The van der Waals surface area contributed by atoms with E-state index in [2.05, 4.69) is 4.74 Å². The highest BCUT2D eigenvalue weighted by Crippen LogP contribution is 2.25. The number of thiophene rings is 1. The van der Waals surface area contributed by atoms with E-state index in [1.54, 1.807) is 0 Å². The highest BCUT2D eigenvalue weighted by molar-refractivity contribution is 7.20. The Morgan fingerprint density at radius 2 is 2.24 bits per heavy atom. The average Bonchev–Trinajstić information content (AvgIpc) is 2.72. The molecule has 0 spiro atoms. The summed E-state index contributed by atoms with van der Waals surface area (Å²) in [4.78, 5) is 21.6. The largest absolute Gasteiger partial charge is 0.617 e. The Bertz CT molecular complexity index is 621. The van der Waals surface area contributed by atoms with Gasteiger partial charge in [0, 0.05) is 6.07 Å². The van der Waals surface area contributed by atoms with Gasteiger partial charge >= 0.3 is 11.7 Å². The van der Waals surface area contributed by atoms with Crippen LogP contribution < -0.4 is 4.73 Å². The molecule has 0 radical (unpaired) electrons. The Hall–Kier alpha value is -2.22. The van der Waals surface area contributed by atoms with Gasteiger partial charge in [-0.25, -0.2) is 4.79 Å². The van der Waals surface area contributed by atoms with Crippen LogP contribution in [0.5, 0.6) is 0 Å². The lowest BCUT2D eigenvalue weighted by Crippen LogP contribution is -2.25. The van der Waals surface area contributed by atoms with Gasteiger partial charge in [-0.05, 0) is 6.07 Å². The molecule has 2 aromatic rings. The number of rotatable bonds is 2. The van der Waals surface area contributed by atoms with Crippen LogP contribution in [0.2, 0.25) is 0 Å². The van der Waals surface area contributed by atoms with Gasteiger partial charge in [0.1, 0.15) is 4.88 Å². The molecule has 0 aromatic carbocycles. The lowest BCUT2D eigenvalue weighted by molar-refractivity contribution is -0.579. The van der Waals surface area contributed by atoms with Crippen molar-refractivity contribution in [2.75, 3.05) is 7.11 Å². The Balaban J connectivity index is 2.64. The topological polar surface area (TPSA) is 96.4 Å². The summed E-state index contributed by atoms with van der Waals surface area (Å²) in [6, 6.07) is 2.64. The summed E-state index contributed by atoms with van der Waals surface area (Å²) in [5.74, 6) is -0.575. The standard InChI is InChI=1S/C9H6N2O5S/c1-16-9(12)7-3-5-2-6(11(14)15)4-10(13)8(5)17-7/h2-4H,1H3. The number of aromatic nitrogens is 1. The predicted molar refractivity (Wildman–Crippen MR) is 58.8 cm³/mol. The summed E-state index contributed by atoms with van der Waals surface area (Å²) in [5, 5.41) is 22.4. The molecule has 0 saturated carbocycles. The molecule has 7 nitrogen and oxygen atoms in total. The average molecular weight is 254 g/mol. The fourth-order valence-electron chi connectivity index (χ4n) is 1.35. The van der Waals surface area contributed by atoms with E-state index in [0.717, 1.165) is 17.5 Å². The minimum Gasteiger partial charge on any atom is -0.617 e. The predicted octanol–water partition coefficient (Wildman–Crippen LogP) is 1.23. The van der Waals surface area contributed by atoms with Crippen molar-refractivity contribution in [1.82, 2.24) is 0 Å². The third-order valence-electron chi connectivity index (χ3n) is 2.09. The molecular formula is C9H6N2O5S. The minimum atomic E-state index is -0.663. The third kappa shape index (κ3) is 1.89. The lowest BCUT2D eigenvalue weighted by Gasteiger charge is -1.95. The van der Waals surface area contributed by atoms with Gasteiger partial charge in [0.2, 0.25) is 0 Å². The third-order valence-corrected chi connectivity index (χ3v) is 3.20. The molecule has 2 aromatic heterocycles. The van der Waals surface area contributed by atoms with E-state index in [0.29, 0.717) is 10.1 Å². The quantitative estimate of drug-likeness (QED) is 0.264. The number of ether oxygens (including phenoxy) is 1. The van der Waals surface area contributed by atoms with Gasteiger partial charge in [-0.2, -0.15) is 4.73 Å². The monoisotopic (exact) mass is 254 g/mol. The van der Waals surface area contributed by atoms with Crippen molar-refractivity contribution in [3.05, 3.63) is 38.5 Å². The highest BCUT2D eigenvalue weighted by Gasteiger charge is 2.20. The van der Waals surface area contributed by atoms with Crippen LogP contribution in [0.25, 0.3) is 10.2 Å². The van der Waals surface area contributed by atoms with Crippen LogP contribution in [-0.4, -0.2) is 18.0 Å². The first-order chi connectivity index (χ1) is 8.02. The summed E-state index contributed by atoms with van der Waals surface area (Å²) in [5.41, 5.74) is -0.318. The smallest absolute Gasteiger partial charge is 0.348 e. The Morgan fingerprint density at radius 3 is 2.82 bits per heavy atom. The van der Waals surface area contributed by atoms with Crippen LogP contribution in [-0.2, 0) is 4.74 Å². The van der Waals surface area contributed by atoms with E-state index in [1.807, 2.05) is 0 Å². The number of methoxy groups -OCH3 is 1. The van der Waals surface area contributed by atoms with Crippen LogP contribution in [0.3, 0.4) is 0 Å². The molecule has 0 N–H and O–H groups in total. The molecule has 2 heterocycles. The molecule has 0 aliphatic heterocycles. The first-order valence-electron chi connectivity index (χ1n) is 4.42. The van der Waals surface area contributed by atoms with E-state index >= 15 is 0 Å². The SMILES string of the molecule is COC(=O)c1cc2cc([N+](=O)[O-])c[n+]([O-])c2s1. The normalized spacial score (nSPS) is 10.4. The molecule has 0 unspecified atom stereocenters. The van der Waals surface area contributed by atoms with E-state index in [-0.39, 0.29) is 15.4 Å². The number of nitrogens with zero attached hydrogens (tertiary/aromatic N) is 2. The minimum absolute atomic E-state index is 0.229. The molecule has 8 heteroatoms. The molecule has 0 aliphatic carbocycles. The molecule has 88 valence electrons. The summed E-state index contributed by atoms with van der Waals surface area (Å²) in [6.07, 6.45) is 0.861. The number of hydrogen-bond acceptors (Lipinski definition) is 6. The van der Waals surface area contributed by atoms with Gasteiger partial charge in [-0.15, -0.1) is 0 Å². The van der Waals surface area contributed by atoms with Gasteiger partial charge in [0.15, 0.2) is 0 Å². The van der Waals surface area contributed by atoms with Crippen molar-refractivity contribution in [2.24, 2.45) is 0 Å². The van der Waals surface area contributed by atoms with Crippen LogP contribution in [0.4, 0.5) is 5.69 Å². The van der Waals surface area contributed by atoms with E-state index in [4.69, 9.17) is 0 Å². The number of esters is 1. The van der Waals surface area contributed by atoms with Crippen molar-refractivity contribution in [1.29, 1.82) is 0 Å². The van der Waals surface area contributed by atoms with Crippen molar-refractivity contribution < 1.29 is 19.2 Å².